The van der Waals surface area contributed by atoms with Crippen LogP contribution in [0, 0.1) is 6.92 Å². The zero-order valence-electron chi connectivity index (χ0n) is 15.1. The molecule has 1 saturated heterocycles. The standard InChI is InChI=1S/C19H21N5O3/c1-13-12-17-20-7-6-16(24(17)22-13)21-19(26)18(25)14-2-4-15(5-3-14)23-8-10-27-11-9-23/h2-4,6-7,12,15H,5,8-11H2,1H3,(H,21,26). The van der Waals surface area contributed by atoms with Crippen molar-refractivity contribution in [1.29, 1.82) is 0 Å². The van der Waals surface area contributed by atoms with Crippen molar-refractivity contribution in [3.05, 3.63) is 47.8 Å². The molecular formula is C19H21N5O3. The third-order valence-corrected chi connectivity index (χ3v) is 4.78. The van der Waals surface area contributed by atoms with Crippen molar-refractivity contribution in [3.8, 4) is 0 Å². The van der Waals surface area contributed by atoms with Gasteiger partial charge in [-0.2, -0.15) is 9.61 Å². The van der Waals surface area contributed by atoms with Gasteiger partial charge < -0.3 is 10.1 Å². The number of ether oxygens (including phenoxy) is 1. The fourth-order valence-electron chi connectivity index (χ4n) is 3.37. The van der Waals surface area contributed by atoms with Crippen molar-refractivity contribution >= 4 is 23.2 Å². The Morgan fingerprint density at radius 1 is 1.30 bits per heavy atom. The van der Waals surface area contributed by atoms with E-state index in [2.05, 4.69) is 20.3 Å². The molecule has 1 aliphatic heterocycles. The fourth-order valence-corrected chi connectivity index (χ4v) is 3.37. The molecule has 0 radical (unpaired) electrons. The predicted octanol–water partition coefficient (Wildman–Crippen LogP) is 1.13. The zero-order chi connectivity index (χ0) is 18.8. The van der Waals surface area contributed by atoms with Crippen molar-refractivity contribution in [2.75, 3.05) is 31.6 Å². The summed E-state index contributed by atoms with van der Waals surface area (Å²) < 4.78 is 6.88. The lowest BCUT2D eigenvalue weighted by atomic mass is 9.98. The van der Waals surface area contributed by atoms with E-state index in [1.165, 1.54) is 4.52 Å². The van der Waals surface area contributed by atoms with Crippen LogP contribution in [-0.4, -0.2) is 63.5 Å². The molecule has 0 saturated carbocycles. The number of fused-ring (bicyclic) bond motifs is 1. The third-order valence-electron chi connectivity index (χ3n) is 4.78. The maximum atomic E-state index is 12.5. The first-order chi connectivity index (χ1) is 13.1. The van der Waals surface area contributed by atoms with E-state index in [0.717, 1.165) is 32.0 Å². The Morgan fingerprint density at radius 3 is 2.85 bits per heavy atom. The Balaban J connectivity index is 1.43. The summed E-state index contributed by atoms with van der Waals surface area (Å²) in [6.45, 7) is 5.07. The number of amides is 1. The lowest BCUT2D eigenvalue weighted by molar-refractivity contribution is -0.132. The monoisotopic (exact) mass is 367 g/mol. The predicted molar refractivity (Wildman–Crippen MR) is 99.4 cm³/mol. The van der Waals surface area contributed by atoms with E-state index in [4.69, 9.17) is 4.74 Å². The van der Waals surface area contributed by atoms with E-state index >= 15 is 0 Å². The molecule has 140 valence electrons. The second-order valence-electron chi connectivity index (χ2n) is 6.64. The van der Waals surface area contributed by atoms with E-state index in [9.17, 15) is 9.59 Å². The summed E-state index contributed by atoms with van der Waals surface area (Å²) in [5.41, 5.74) is 1.81. The first-order valence-corrected chi connectivity index (χ1v) is 8.99. The minimum atomic E-state index is -0.684. The first-order valence-electron chi connectivity index (χ1n) is 8.99. The number of rotatable bonds is 4. The van der Waals surface area contributed by atoms with Crippen LogP contribution in [-0.2, 0) is 14.3 Å². The number of hydrogen-bond acceptors (Lipinski definition) is 6. The van der Waals surface area contributed by atoms with Gasteiger partial charge in [-0.15, -0.1) is 0 Å². The van der Waals surface area contributed by atoms with Gasteiger partial charge in [0.15, 0.2) is 5.65 Å². The van der Waals surface area contributed by atoms with Crippen LogP contribution < -0.4 is 5.32 Å². The zero-order valence-corrected chi connectivity index (χ0v) is 15.1. The van der Waals surface area contributed by atoms with Gasteiger partial charge in [0.2, 0.25) is 5.78 Å². The van der Waals surface area contributed by atoms with E-state index in [1.807, 2.05) is 19.1 Å². The Labute approximate surface area is 156 Å². The maximum Gasteiger partial charge on any atom is 0.297 e. The molecule has 0 bridgehead atoms. The van der Waals surface area contributed by atoms with E-state index in [0.29, 0.717) is 23.5 Å². The molecule has 27 heavy (non-hydrogen) atoms. The number of nitrogens with zero attached hydrogens (tertiary/aromatic N) is 4. The Hall–Kier alpha value is -2.84. The van der Waals surface area contributed by atoms with Crippen LogP contribution in [0.3, 0.4) is 0 Å². The second-order valence-corrected chi connectivity index (χ2v) is 6.64. The number of morpholine rings is 1. The van der Waals surface area contributed by atoms with Crippen LogP contribution in [0.4, 0.5) is 5.82 Å². The summed E-state index contributed by atoms with van der Waals surface area (Å²) in [4.78, 5) is 31.4. The van der Waals surface area contributed by atoms with Gasteiger partial charge in [-0.25, -0.2) is 4.98 Å². The number of ketones is 1. The first kappa shape index (κ1) is 17.6. The normalized spacial score (nSPS) is 20.5. The molecule has 4 rings (SSSR count). The number of hydrogen-bond donors (Lipinski definition) is 1. The van der Waals surface area contributed by atoms with Crippen molar-refractivity contribution in [2.24, 2.45) is 0 Å². The summed E-state index contributed by atoms with van der Waals surface area (Å²) in [6, 6.07) is 3.67. The quantitative estimate of drug-likeness (QED) is 0.815. The smallest absolute Gasteiger partial charge is 0.297 e. The number of nitrogens with one attached hydrogen (secondary N) is 1. The lowest BCUT2D eigenvalue weighted by Crippen LogP contribution is -2.43. The number of Topliss-reactive ketones (excluding diaryl/α,β-unsaturated/α-hetero) is 1. The maximum absolute atomic E-state index is 12.5. The highest BCUT2D eigenvalue weighted by Crippen LogP contribution is 2.18. The van der Waals surface area contributed by atoms with Crippen LogP contribution in [0.25, 0.3) is 5.65 Å². The molecule has 2 aromatic rings. The molecule has 1 fully saturated rings. The van der Waals surface area contributed by atoms with Gasteiger partial charge in [-0.1, -0.05) is 18.2 Å². The molecule has 1 atom stereocenters. The molecule has 1 N–H and O–H groups in total. The van der Waals surface area contributed by atoms with Crippen LogP contribution in [0.2, 0.25) is 0 Å². The van der Waals surface area contributed by atoms with Crippen LogP contribution in [0.1, 0.15) is 12.1 Å². The fraction of sp³-hybridized carbons (Fsp3) is 0.368. The number of anilines is 1. The molecule has 8 heteroatoms. The minimum absolute atomic E-state index is 0.250. The number of aromatic nitrogens is 3. The third kappa shape index (κ3) is 3.67. The second kappa shape index (κ2) is 7.42. The highest BCUT2D eigenvalue weighted by molar-refractivity contribution is 6.47. The van der Waals surface area contributed by atoms with Gasteiger partial charge in [0.1, 0.15) is 5.82 Å². The Morgan fingerprint density at radius 2 is 2.11 bits per heavy atom. The minimum Gasteiger partial charge on any atom is -0.379 e. The molecule has 0 spiro atoms. The van der Waals surface area contributed by atoms with Crippen molar-refractivity contribution in [1.82, 2.24) is 19.5 Å². The number of carbonyl (C=O) groups excluding carboxylic acids is 2. The van der Waals surface area contributed by atoms with Gasteiger partial charge in [0.05, 0.1) is 18.9 Å². The summed E-state index contributed by atoms with van der Waals surface area (Å²) in [7, 11) is 0. The van der Waals surface area contributed by atoms with Crippen molar-refractivity contribution < 1.29 is 14.3 Å². The molecule has 2 aliphatic rings. The highest BCUT2D eigenvalue weighted by Gasteiger charge is 2.24. The van der Waals surface area contributed by atoms with E-state index in [-0.39, 0.29) is 6.04 Å². The van der Waals surface area contributed by atoms with Crippen LogP contribution >= 0.6 is 0 Å². The average Bonchev–Trinajstić information content (AvgIpc) is 3.09. The molecule has 1 unspecified atom stereocenters. The van der Waals surface area contributed by atoms with Gasteiger partial charge in [0, 0.05) is 37.0 Å². The summed E-state index contributed by atoms with van der Waals surface area (Å²) in [6.07, 6.45) is 7.85. The number of allylic oxidation sites excluding steroid dienone is 1. The largest absolute Gasteiger partial charge is 0.379 e. The molecule has 8 nitrogen and oxygen atoms in total. The molecule has 1 amide bonds. The molecule has 3 heterocycles. The average molecular weight is 367 g/mol. The van der Waals surface area contributed by atoms with E-state index < -0.39 is 11.7 Å². The summed E-state index contributed by atoms with van der Waals surface area (Å²) >= 11 is 0. The number of carbonyl (C=O) groups is 2. The highest BCUT2D eigenvalue weighted by atomic mass is 16.5. The van der Waals surface area contributed by atoms with E-state index in [1.54, 1.807) is 24.4 Å². The molecule has 0 aromatic carbocycles. The van der Waals surface area contributed by atoms with Gasteiger partial charge in [-0.05, 0) is 19.4 Å². The Bertz CT molecular complexity index is 940. The van der Waals surface area contributed by atoms with Gasteiger partial charge in [-0.3, -0.25) is 14.5 Å². The van der Waals surface area contributed by atoms with Crippen LogP contribution in [0.5, 0.6) is 0 Å². The Kier molecular flexibility index (Phi) is 4.83. The van der Waals surface area contributed by atoms with Gasteiger partial charge in [0.25, 0.3) is 5.91 Å². The summed E-state index contributed by atoms with van der Waals surface area (Å²) in [5, 5.41) is 6.92. The lowest BCUT2D eigenvalue weighted by Gasteiger charge is -2.33. The van der Waals surface area contributed by atoms with Gasteiger partial charge >= 0.3 is 0 Å². The summed E-state index contributed by atoms with van der Waals surface area (Å²) in [5.74, 6) is -0.824. The molecular weight excluding hydrogens is 346 g/mol. The van der Waals surface area contributed by atoms with Crippen molar-refractivity contribution in [2.45, 2.75) is 19.4 Å². The molecule has 1 aliphatic carbocycles. The molecule has 2 aromatic heterocycles. The SMILES string of the molecule is Cc1cc2nccc(NC(=O)C(=O)C3=CCC(N4CCOCC4)C=C3)n2n1. The topological polar surface area (TPSA) is 88.8 Å². The van der Waals surface area contributed by atoms with Crippen LogP contribution in [0.15, 0.2) is 42.1 Å². The van der Waals surface area contributed by atoms with Crippen molar-refractivity contribution in [3.63, 3.8) is 0 Å². The number of aryl methyl sites for hydroxylation is 1.